The number of hydrogen-bond donors (Lipinski definition) is 0. The number of unbranched alkanes of at least 4 members (excludes halogenated alkanes) is 2. The fraction of sp³-hybridized carbons (Fsp3) is 0.562. The minimum absolute atomic E-state index is 0.783. The highest BCUT2D eigenvalue weighted by atomic mass is 14.2. The first-order chi connectivity index (χ1) is 15.7. The fourth-order valence-electron chi connectivity index (χ4n) is 5.53. The lowest BCUT2D eigenvalue weighted by Gasteiger charge is -2.23. The van der Waals surface area contributed by atoms with Crippen LogP contribution in [-0.2, 0) is 19.3 Å². The van der Waals surface area contributed by atoms with E-state index in [2.05, 4.69) is 77.1 Å². The van der Waals surface area contributed by atoms with Crippen molar-refractivity contribution in [2.24, 2.45) is 11.8 Å². The average Bonchev–Trinajstić information content (AvgIpc) is 2.84. The molecule has 0 fully saturated rings. The topological polar surface area (TPSA) is 0 Å². The van der Waals surface area contributed by atoms with Crippen LogP contribution in [0.3, 0.4) is 0 Å². The molecule has 2 unspecified atom stereocenters. The molecule has 3 aromatic carbocycles. The van der Waals surface area contributed by atoms with Crippen LogP contribution in [0.25, 0.3) is 21.5 Å². The van der Waals surface area contributed by atoms with Gasteiger partial charge in [0, 0.05) is 0 Å². The Morgan fingerprint density at radius 2 is 1.09 bits per heavy atom. The first kappa shape index (κ1) is 24.8. The zero-order valence-electron chi connectivity index (χ0n) is 21.5. The van der Waals surface area contributed by atoms with E-state index < -0.39 is 0 Å². The van der Waals surface area contributed by atoms with Crippen molar-refractivity contribution in [1.82, 2.24) is 0 Å². The molecule has 32 heavy (non-hydrogen) atoms. The Kier molecular flexibility index (Phi) is 9.64. The lowest BCUT2D eigenvalue weighted by molar-refractivity contribution is 0.450. The number of hydrogen-bond acceptors (Lipinski definition) is 0. The molecule has 0 amide bonds. The zero-order chi connectivity index (χ0) is 22.9. The van der Waals surface area contributed by atoms with E-state index >= 15 is 0 Å². The van der Waals surface area contributed by atoms with E-state index in [1.54, 1.807) is 16.5 Å². The van der Waals surface area contributed by atoms with Gasteiger partial charge in [0.2, 0.25) is 0 Å². The van der Waals surface area contributed by atoms with Gasteiger partial charge in [-0.1, -0.05) is 128 Å². The van der Waals surface area contributed by atoms with Crippen LogP contribution >= 0.6 is 0 Å². The maximum absolute atomic E-state index is 2.53. The van der Waals surface area contributed by atoms with Gasteiger partial charge in [0.1, 0.15) is 0 Å². The highest BCUT2D eigenvalue weighted by Gasteiger charge is 2.19. The van der Waals surface area contributed by atoms with Crippen molar-refractivity contribution in [3.63, 3.8) is 0 Å². The Hall–Kier alpha value is -1.82. The highest BCUT2D eigenvalue weighted by molar-refractivity contribution is 6.06. The summed E-state index contributed by atoms with van der Waals surface area (Å²) >= 11 is 0. The molecule has 2 atom stereocenters. The van der Waals surface area contributed by atoms with Crippen molar-refractivity contribution >= 4 is 21.5 Å². The number of benzene rings is 3. The molecule has 0 bridgehead atoms. The van der Waals surface area contributed by atoms with Gasteiger partial charge in [-0.3, -0.25) is 0 Å². The molecule has 0 heteroatoms. The molecule has 0 radical (unpaired) electrons. The fourth-order valence-corrected chi connectivity index (χ4v) is 5.53. The molecule has 0 nitrogen and oxygen atoms in total. The quantitative estimate of drug-likeness (QED) is 0.237. The van der Waals surface area contributed by atoms with Crippen LogP contribution in [0.4, 0.5) is 0 Å². The van der Waals surface area contributed by atoms with Gasteiger partial charge >= 0.3 is 0 Å². The first-order valence-electron chi connectivity index (χ1n) is 13.6. The predicted octanol–water partition coefficient (Wildman–Crippen LogP) is 10.1. The summed E-state index contributed by atoms with van der Waals surface area (Å²) in [4.78, 5) is 0. The third-order valence-corrected chi connectivity index (χ3v) is 7.79. The van der Waals surface area contributed by atoms with E-state index in [0.29, 0.717) is 0 Å². The minimum Gasteiger partial charge on any atom is -0.0654 e. The minimum atomic E-state index is 0.783. The lowest BCUT2D eigenvalue weighted by Crippen LogP contribution is -2.08. The Balaban J connectivity index is 2.19. The molecule has 0 saturated heterocycles. The summed E-state index contributed by atoms with van der Waals surface area (Å²) in [6, 6.07) is 16.7. The third-order valence-electron chi connectivity index (χ3n) is 7.79. The van der Waals surface area contributed by atoms with Crippen molar-refractivity contribution in [2.75, 3.05) is 0 Å². The molecular weight excluding hydrogens is 384 g/mol. The van der Waals surface area contributed by atoms with Gasteiger partial charge in [0.05, 0.1) is 0 Å². The van der Waals surface area contributed by atoms with Crippen LogP contribution in [0, 0.1) is 11.8 Å². The van der Waals surface area contributed by atoms with Crippen molar-refractivity contribution < 1.29 is 0 Å². The Labute approximate surface area is 197 Å². The van der Waals surface area contributed by atoms with Gasteiger partial charge in [0.25, 0.3) is 0 Å². The second-order valence-electron chi connectivity index (χ2n) is 9.98. The molecule has 0 saturated carbocycles. The Morgan fingerprint density at radius 3 is 1.56 bits per heavy atom. The largest absolute Gasteiger partial charge is 0.0654 e. The number of fused-ring (bicyclic) bond motifs is 2. The predicted molar refractivity (Wildman–Crippen MR) is 145 cm³/mol. The molecule has 3 aromatic rings. The van der Waals surface area contributed by atoms with Crippen LogP contribution in [0.2, 0.25) is 0 Å². The van der Waals surface area contributed by atoms with Gasteiger partial charge < -0.3 is 0 Å². The maximum atomic E-state index is 2.53. The lowest BCUT2D eigenvalue weighted by atomic mass is 9.81. The summed E-state index contributed by atoms with van der Waals surface area (Å²) in [6.45, 7) is 11.7. The van der Waals surface area contributed by atoms with Crippen molar-refractivity contribution in [1.29, 1.82) is 0 Å². The van der Waals surface area contributed by atoms with Gasteiger partial charge in [-0.2, -0.15) is 0 Å². The van der Waals surface area contributed by atoms with E-state index in [1.165, 1.54) is 85.9 Å². The van der Waals surface area contributed by atoms with Crippen molar-refractivity contribution in [3.8, 4) is 0 Å². The van der Waals surface area contributed by atoms with Gasteiger partial charge in [-0.15, -0.1) is 0 Å². The van der Waals surface area contributed by atoms with Crippen molar-refractivity contribution in [2.45, 2.75) is 105 Å². The van der Waals surface area contributed by atoms with Crippen LogP contribution in [0.5, 0.6) is 0 Å². The number of rotatable bonds is 13. The van der Waals surface area contributed by atoms with Gasteiger partial charge in [-0.05, 0) is 69.3 Å². The smallest absolute Gasteiger partial charge is 0.0140 e. The third kappa shape index (κ3) is 5.75. The van der Waals surface area contributed by atoms with E-state index in [1.807, 2.05) is 0 Å². The average molecular weight is 431 g/mol. The molecule has 3 rings (SSSR count). The summed E-state index contributed by atoms with van der Waals surface area (Å²) < 4.78 is 0. The first-order valence-corrected chi connectivity index (χ1v) is 13.6. The molecule has 0 aliphatic rings. The van der Waals surface area contributed by atoms with E-state index in [9.17, 15) is 0 Å². The van der Waals surface area contributed by atoms with Crippen molar-refractivity contribution in [3.05, 3.63) is 59.2 Å². The second-order valence-corrected chi connectivity index (χ2v) is 9.98. The molecule has 0 aromatic heterocycles. The van der Waals surface area contributed by atoms with Crippen LogP contribution in [0.1, 0.15) is 103 Å². The summed E-state index contributed by atoms with van der Waals surface area (Å²) in [5.74, 6) is 1.57. The van der Waals surface area contributed by atoms with E-state index in [0.717, 1.165) is 18.3 Å². The molecule has 174 valence electrons. The number of aryl methyl sites for hydroxylation is 1. The Morgan fingerprint density at radius 1 is 0.594 bits per heavy atom. The summed E-state index contributed by atoms with van der Waals surface area (Å²) in [6.07, 6.45) is 14.1. The maximum Gasteiger partial charge on any atom is -0.0140 e. The summed E-state index contributed by atoms with van der Waals surface area (Å²) in [5.41, 5.74) is 4.69. The molecule has 0 aliphatic heterocycles. The summed E-state index contributed by atoms with van der Waals surface area (Å²) in [7, 11) is 0. The standard InChI is InChI=1S/C32H46/c1-6-11-15-24(8-3)21-30-27-17-13-14-18-28(27)31(22-25(9-4)16-12-7-2)32-23-26(10-5)19-20-29(30)32/h13-14,17-20,23-25H,6-12,15-16,21-22H2,1-5H3. The SMILES string of the molecule is CCCCC(CC)Cc1c2ccccc2c(CC(CC)CCCC)c2cc(CC)ccc12. The molecule has 0 aliphatic carbocycles. The van der Waals surface area contributed by atoms with Crippen LogP contribution in [-0.4, -0.2) is 0 Å². The molecule has 0 spiro atoms. The van der Waals surface area contributed by atoms with Gasteiger partial charge in [0.15, 0.2) is 0 Å². The van der Waals surface area contributed by atoms with E-state index in [4.69, 9.17) is 0 Å². The zero-order valence-corrected chi connectivity index (χ0v) is 21.5. The molecular formula is C32H46. The Bertz CT molecular complexity index is 980. The molecule has 0 N–H and O–H groups in total. The highest BCUT2D eigenvalue weighted by Crippen LogP contribution is 2.38. The monoisotopic (exact) mass is 430 g/mol. The van der Waals surface area contributed by atoms with E-state index in [-0.39, 0.29) is 0 Å². The summed E-state index contributed by atoms with van der Waals surface area (Å²) in [5, 5.41) is 6.10. The second kappa shape index (κ2) is 12.4. The molecule has 0 heterocycles. The van der Waals surface area contributed by atoms with Gasteiger partial charge in [-0.25, -0.2) is 0 Å². The van der Waals surface area contributed by atoms with Crippen LogP contribution < -0.4 is 0 Å². The van der Waals surface area contributed by atoms with Crippen LogP contribution in [0.15, 0.2) is 42.5 Å². The normalized spacial score (nSPS) is 13.7.